The van der Waals surface area contributed by atoms with Crippen molar-refractivity contribution in [1.82, 2.24) is 10.2 Å². The van der Waals surface area contributed by atoms with Crippen LogP contribution in [0.3, 0.4) is 0 Å². The summed E-state index contributed by atoms with van der Waals surface area (Å²) in [4.78, 5) is 28.4. The lowest BCUT2D eigenvalue weighted by Gasteiger charge is -2.46. The average Bonchev–Trinajstić information content (AvgIpc) is 4.02. The molecule has 10 heteroatoms. The number of carbonyl (C=O) groups is 2. The van der Waals surface area contributed by atoms with Gasteiger partial charge in [-0.3, -0.25) is 9.69 Å². The summed E-state index contributed by atoms with van der Waals surface area (Å²) in [6, 6.07) is 23.2. The minimum absolute atomic E-state index is 0. The van der Waals surface area contributed by atoms with Gasteiger partial charge in [0, 0.05) is 17.7 Å². The highest BCUT2D eigenvalue weighted by Crippen LogP contribution is 2.40. The highest BCUT2D eigenvalue weighted by Gasteiger charge is 2.46. The smallest absolute Gasteiger partial charge is 0.416 e. The number of halogens is 3. The third-order valence-corrected chi connectivity index (χ3v) is 8.56. The Kier molecular flexibility index (Phi) is 12.1. The lowest BCUT2D eigenvalue weighted by atomic mass is 9.81. The molecule has 0 bridgehead atoms. The van der Waals surface area contributed by atoms with E-state index in [1.165, 1.54) is 17.7 Å². The lowest BCUT2D eigenvalue weighted by molar-refractivity contribution is -0.137. The molecule has 0 spiro atoms. The molecule has 258 valence electrons. The summed E-state index contributed by atoms with van der Waals surface area (Å²) in [5.41, 5.74) is 6.27. The van der Waals surface area contributed by atoms with Crippen molar-refractivity contribution >= 4 is 12.0 Å². The number of nitrogens with zero attached hydrogens (tertiary/aromatic N) is 1. The van der Waals surface area contributed by atoms with E-state index in [1.54, 1.807) is 19.9 Å². The molecule has 3 aliphatic rings. The predicted molar refractivity (Wildman–Crippen MR) is 180 cm³/mol. The second-order valence-electron chi connectivity index (χ2n) is 12.6. The van der Waals surface area contributed by atoms with Gasteiger partial charge >= 0.3 is 12.3 Å². The molecule has 2 saturated carbocycles. The summed E-state index contributed by atoms with van der Waals surface area (Å²) in [6.45, 7) is 3.29. The van der Waals surface area contributed by atoms with Crippen molar-refractivity contribution < 1.29 is 32.2 Å². The Labute approximate surface area is 281 Å². The maximum atomic E-state index is 13.8. The van der Waals surface area contributed by atoms with Crippen molar-refractivity contribution in [2.24, 2.45) is 5.73 Å². The van der Waals surface area contributed by atoms with E-state index in [1.807, 2.05) is 66.7 Å². The fraction of sp³-hybridized carbons (Fsp3) is 0.421. The molecule has 3 aromatic carbocycles. The molecule has 1 aliphatic heterocycles. The molecule has 0 radical (unpaired) electrons. The molecule has 2 aliphatic carbocycles. The number of benzene rings is 3. The quantitative estimate of drug-likeness (QED) is 0.242. The third kappa shape index (κ3) is 9.70. The molecule has 2 amide bonds. The molecule has 3 N–H and O–H groups in total. The van der Waals surface area contributed by atoms with Crippen LogP contribution in [0.25, 0.3) is 0 Å². The van der Waals surface area contributed by atoms with E-state index in [-0.39, 0.29) is 45.6 Å². The van der Waals surface area contributed by atoms with Crippen molar-refractivity contribution in [1.29, 1.82) is 0 Å². The van der Waals surface area contributed by atoms with Crippen LogP contribution in [-0.2, 0) is 32.6 Å². The summed E-state index contributed by atoms with van der Waals surface area (Å²) < 4.78 is 52.7. The van der Waals surface area contributed by atoms with Crippen LogP contribution in [0, 0.1) is 6.92 Å². The van der Waals surface area contributed by atoms with E-state index in [4.69, 9.17) is 15.2 Å². The largest absolute Gasteiger partial charge is 0.445 e. The zero-order chi connectivity index (χ0) is 33.6. The Balaban J connectivity index is 0.000000968. The number of ether oxygens (including phenoxy) is 2. The highest BCUT2D eigenvalue weighted by atomic mass is 19.4. The molecule has 0 unspecified atom stereocenters. The van der Waals surface area contributed by atoms with Crippen molar-refractivity contribution in [3.63, 3.8) is 0 Å². The van der Waals surface area contributed by atoms with Gasteiger partial charge in [-0.1, -0.05) is 85.8 Å². The monoisotopic (exact) mass is 665 g/mol. The summed E-state index contributed by atoms with van der Waals surface area (Å²) >= 11 is 0. The normalized spacial score (nSPS) is 19.5. The molecular formula is C38H46F3N3O4. The van der Waals surface area contributed by atoms with Crippen LogP contribution in [0.15, 0.2) is 90.5 Å². The number of amides is 2. The zero-order valence-electron chi connectivity index (χ0n) is 26.8. The Bertz CT molecular complexity index is 1560. The first-order chi connectivity index (χ1) is 22.4. The summed E-state index contributed by atoms with van der Waals surface area (Å²) in [7, 11) is 0. The molecule has 7 nitrogen and oxygen atoms in total. The van der Waals surface area contributed by atoms with Gasteiger partial charge in [0.1, 0.15) is 6.61 Å². The number of hydrogen-bond acceptors (Lipinski definition) is 5. The van der Waals surface area contributed by atoms with E-state index < -0.39 is 29.5 Å². The molecule has 6 rings (SSSR count). The highest BCUT2D eigenvalue weighted by molar-refractivity contribution is 5.95. The number of nitrogens with two attached hydrogens (primary N) is 1. The van der Waals surface area contributed by atoms with E-state index in [9.17, 15) is 22.8 Å². The summed E-state index contributed by atoms with van der Waals surface area (Å²) in [6.07, 6.45) is 0.632. The van der Waals surface area contributed by atoms with E-state index in [0.717, 1.165) is 36.1 Å². The van der Waals surface area contributed by atoms with Crippen molar-refractivity contribution in [2.75, 3.05) is 13.2 Å². The van der Waals surface area contributed by atoms with Crippen molar-refractivity contribution in [2.45, 2.75) is 89.9 Å². The van der Waals surface area contributed by atoms with Crippen LogP contribution in [-0.4, -0.2) is 42.1 Å². The van der Waals surface area contributed by atoms with Crippen LogP contribution in [0.4, 0.5) is 18.0 Å². The van der Waals surface area contributed by atoms with E-state index in [2.05, 4.69) is 5.32 Å². The van der Waals surface area contributed by atoms with Gasteiger partial charge < -0.3 is 20.5 Å². The van der Waals surface area contributed by atoms with Crippen molar-refractivity contribution in [3.05, 3.63) is 118 Å². The van der Waals surface area contributed by atoms with Gasteiger partial charge in [0.2, 0.25) is 5.91 Å². The first-order valence-electron chi connectivity index (χ1n) is 16.0. The number of hydrogen-bond donors (Lipinski definition) is 2. The van der Waals surface area contributed by atoms with Crippen LogP contribution < -0.4 is 11.1 Å². The summed E-state index contributed by atoms with van der Waals surface area (Å²) in [5.74, 6) is -0.223. The van der Waals surface area contributed by atoms with Gasteiger partial charge in [-0.05, 0) is 74.8 Å². The Morgan fingerprint density at radius 1 is 1.00 bits per heavy atom. The summed E-state index contributed by atoms with van der Waals surface area (Å²) in [5, 5.41) is 2.99. The predicted octanol–water partition coefficient (Wildman–Crippen LogP) is 7.98. The van der Waals surface area contributed by atoms with Gasteiger partial charge in [0.25, 0.3) is 0 Å². The number of aryl methyl sites for hydroxylation is 1. The Morgan fingerprint density at radius 2 is 1.62 bits per heavy atom. The van der Waals surface area contributed by atoms with Crippen molar-refractivity contribution in [3.8, 4) is 0 Å². The molecule has 0 saturated heterocycles. The van der Waals surface area contributed by atoms with Gasteiger partial charge in [-0.15, -0.1) is 0 Å². The number of alkyl halides is 3. The Hall–Kier alpha value is -4.15. The second-order valence-corrected chi connectivity index (χ2v) is 12.6. The maximum Gasteiger partial charge on any atom is 0.416 e. The fourth-order valence-electron chi connectivity index (χ4n) is 5.40. The van der Waals surface area contributed by atoms with Crippen LogP contribution in [0.2, 0.25) is 0 Å². The minimum atomic E-state index is -4.49. The number of rotatable bonds is 9. The van der Waals surface area contributed by atoms with E-state index >= 15 is 0 Å². The average molecular weight is 666 g/mol. The zero-order valence-corrected chi connectivity index (χ0v) is 26.8. The lowest BCUT2D eigenvalue weighted by Crippen LogP contribution is -2.56. The standard InChI is InChI=1S/C34H35F3N2O4.C3H7N.CH4/c1-23-17-27(19-29(18-23)34(35,36)37)24(2)43-22-33(28-11-7-4-8-12-28)16-15-26(31(40)38-30-13-14-30)20-39(33)32(41)42-21-25-9-5-3-6-10-25;4-3-1-2-3;/h3-12,15,17-19,24,30H,13-14,16,20-22H2,1-2H3,(H,38,40);3H,1-2,4H2;1H4/t24-,33-;;/m1../s1. The third-order valence-electron chi connectivity index (χ3n) is 8.56. The van der Waals surface area contributed by atoms with E-state index in [0.29, 0.717) is 22.7 Å². The fourth-order valence-corrected chi connectivity index (χ4v) is 5.40. The van der Waals surface area contributed by atoms with Crippen LogP contribution in [0.1, 0.15) is 80.4 Å². The minimum Gasteiger partial charge on any atom is -0.445 e. The van der Waals surface area contributed by atoms with Gasteiger partial charge in [-0.2, -0.15) is 13.2 Å². The van der Waals surface area contributed by atoms with Gasteiger partial charge in [-0.25, -0.2) is 4.79 Å². The molecule has 1 heterocycles. The molecular weight excluding hydrogens is 619 g/mol. The molecule has 0 aromatic heterocycles. The van der Waals surface area contributed by atoms with Crippen LogP contribution in [0.5, 0.6) is 0 Å². The SMILES string of the molecule is C.Cc1cc([C@@H](C)OC[C@@]2(c3ccccc3)CC=C(C(=O)NC3CC3)CN2C(=O)OCc2ccccc2)cc(C(F)(F)F)c1.NC1CC1. The number of carbonyl (C=O) groups excluding carboxylic acids is 2. The second kappa shape index (κ2) is 15.8. The molecule has 2 fully saturated rings. The first kappa shape index (κ1) is 36.7. The number of nitrogens with one attached hydrogen (secondary N) is 1. The molecule has 48 heavy (non-hydrogen) atoms. The first-order valence-corrected chi connectivity index (χ1v) is 16.0. The van der Waals surface area contributed by atoms with Gasteiger partial charge in [0.05, 0.1) is 30.4 Å². The maximum absolute atomic E-state index is 13.8. The topological polar surface area (TPSA) is 93.9 Å². The molecule has 2 atom stereocenters. The molecule has 3 aromatic rings. The van der Waals surface area contributed by atoms with Crippen LogP contribution >= 0.6 is 0 Å². The van der Waals surface area contributed by atoms with Gasteiger partial charge in [0.15, 0.2) is 0 Å². The Morgan fingerprint density at radius 3 is 2.21 bits per heavy atom.